The van der Waals surface area contributed by atoms with Crippen LogP contribution >= 0.6 is 0 Å². The molecule has 110 valence electrons. The molecule has 2 aromatic heterocycles. The number of imidazole rings is 1. The van der Waals surface area contributed by atoms with Crippen molar-refractivity contribution in [3.8, 4) is 6.07 Å². The molecule has 3 rings (SSSR count). The number of aromatic amines is 1. The maximum Gasteiger partial charge on any atom is 0.149 e. The second-order valence-corrected chi connectivity index (χ2v) is 6.16. The maximum atomic E-state index is 9.43. The highest BCUT2D eigenvalue weighted by molar-refractivity contribution is 5.90. The molecule has 0 aliphatic heterocycles. The summed E-state index contributed by atoms with van der Waals surface area (Å²) in [5.74, 6) is 0.576. The predicted molar refractivity (Wildman–Crippen MR) is 86.8 cm³/mol. The van der Waals surface area contributed by atoms with Crippen LogP contribution in [0.2, 0.25) is 0 Å². The van der Waals surface area contributed by atoms with E-state index in [2.05, 4.69) is 41.9 Å². The number of H-pyrrole nitrogens is 1. The molecule has 1 aromatic carbocycles. The van der Waals surface area contributed by atoms with E-state index in [4.69, 9.17) is 0 Å². The summed E-state index contributed by atoms with van der Waals surface area (Å²) in [6, 6.07) is 9.93. The fourth-order valence-electron chi connectivity index (χ4n) is 2.18. The third kappa shape index (κ3) is 2.63. The summed E-state index contributed by atoms with van der Waals surface area (Å²) in [6.45, 7) is 6.24. The van der Waals surface area contributed by atoms with Gasteiger partial charge in [-0.3, -0.25) is 4.68 Å². The van der Waals surface area contributed by atoms with Crippen LogP contribution in [0.1, 0.15) is 32.2 Å². The van der Waals surface area contributed by atoms with Crippen LogP contribution in [0.25, 0.3) is 22.7 Å². The fraction of sp³-hybridized carbons (Fsp3) is 0.235. The van der Waals surface area contributed by atoms with Crippen LogP contribution in [0.3, 0.4) is 0 Å². The summed E-state index contributed by atoms with van der Waals surface area (Å²) >= 11 is 0. The largest absolute Gasteiger partial charge is 0.337 e. The van der Waals surface area contributed by atoms with Crippen LogP contribution < -0.4 is 0 Å². The topological polar surface area (TPSA) is 70.3 Å². The zero-order valence-corrected chi connectivity index (χ0v) is 12.8. The van der Waals surface area contributed by atoms with Gasteiger partial charge < -0.3 is 4.98 Å². The molecular formula is C17H17N5. The summed E-state index contributed by atoms with van der Waals surface area (Å²) in [5.41, 5.74) is 3.06. The zero-order chi connectivity index (χ0) is 15.7. The van der Waals surface area contributed by atoms with Gasteiger partial charge in [0.1, 0.15) is 11.9 Å². The van der Waals surface area contributed by atoms with Crippen molar-refractivity contribution in [2.24, 2.45) is 0 Å². The van der Waals surface area contributed by atoms with Crippen molar-refractivity contribution in [3.05, 3.63) is 48.0 Å². The number of aromatic nitrogens is 4. The van der Waals surface area contributed by atoms with E-state index in [1.165, 1.54) is 0 Å². The van der Waals surface area contributed by atoms with Gasteiger partial charge in [0.25, 0.3) is 0 Å². The Morgan fingerprint density at radius 3 is 2.73 bits per heavy atom. The molecule has 0 atom stereocenters. The molecule has 0 amide bonds. The molecule has 0 spiro atoms. The summed E-state index contributed by atoms with van der Waals surface area (Å²) < 4.78 is 1.88. The van der Waals surface area contributed by atoms with Crippen LogP contribution in [0, 0.1) is 11.3 Å². The van der Waals surface area contributed by atoms with Crippen LogP contribution in [0.5, 0.6) is 0 Å². The monoisotopic (exact) mass is 291 g/mol. The van der Waals surface area contributed by atoms with Gasteiger partial charge in [-0.05, 0) is 39.0 Å². The fourth-order valence-corrected chi connectivity index (χ4v) is 2.18. The van der Waals surface area contributed by atoms with Gasteiger partial charge in [0.05, 0.1) is 28.3 Å². The molecule has 3 aromatic rings. The average molecular weight is 291 g/mol. The van der Waals surface area contributed by atoms with Gasteiger partial charge in [0.15, 0.2) is 0 Å². The highest BCUT2D eigenvalue weighted by atomic mass is 15.3. The molecule has 0 radical (unpaired) electrons. The number of fused-ring (bicyclic) bond motifs is 1. The van der Waals surface area contributed by atoms with E-state index < -0.39 is 0 Å². The van der Waals surface area contributed by atoms with Crippen molar-refractivity contribution < 1.29 is 0 Å². The van der Waals surface area contributed by atoms with E-state index in [9.17, 15) is 5.26 Å². The minimum atomic E-state index is -0.0851. The summed E-state index contributed by atoms with van der Waals surface area (Å²) in [5, 5.41) is 13.8. The first-order chi connectivity index (χ1) is 10.5. The number of hydrogen-bond acceptors (Lipinski definition) is 3. The number of nitriles is 1. The van der Waals surface area contributed by atoms with E-state index in [1.54, 1.807) is 12.3 Å². The standard InChI is InChI=1S/C17H17N5/c1-17(2,3)22-11-12(10-19-22)8-13(9-18)16-20-14-6-4-5-7-15(14)21-16/h4-8,10-11H,1-3H3,(H,20,21)/b13-8-. The number of rotatable bonds is 2. The van der Waals surface area contributed by atoms with Gasteiger partial charge >= 0.3 is 0 Å². The van der Waals surface area contributed by atoms with Crippen molar-refractivity contribution in [2.45, 2.75) is 26.3 Å². The Morgan fingerprint density at radius 1 is 1.32 bits per heavy atom. The quantitative estimate of drug-likeness (QED) is 0.734. The first-order valence-electron chi connectivity index (χ1n) is 7.09. The zero-order valence-electron chi connectivity index (χ0n) is 12.8. The summed E-state index contributed by atoms with van der Waals surface area (Å²) in [4.78, 5) is 7.64. The Labute approximate surface area is 128 Å². The predicted octanol–water partition coefficient (Wildman–Crippen LogP) is 3.58. The molecule has 0 unspecified atom stereocenters. The highest BCUT2D eigenvalue weighted by Gasteiger charge is 2.14. The van der Waals surface area contributed by atoms with Gasteiger partial charge in [0.2, 0.25) is 0 Å². The molecular weight excluding hydrogens is 274 g/mol. The van der Waals surface area contributed by atoms with E-state index in [0.29, 0.717) is 11.4 Å². The number of hydrogen-bond donors (Lipinski definition) is 1. The third-order valence-electron chi connectivity index (χ3n) is 3.37. The Balaban J connectivity index is 2.00. The van der Waals surface area contributed by atoms with Gasteiger partial charge in [-0.15, -0.1) is 0 Å². The molecule has 0 bridgehead atoms. The lowest BCUT2D eigenvalue weighted by Crippen LogP contribution is -2.21. The average Bonchev–Trinajstić information content (AvgIpc) is 3.10. The first-order valence-corrected chi connectivity index (χ1v) is 7.09. The second-order valence-electron chi connectivity index (χ2n) is 6.16. The van der Waals surface area contributed by atoms with Crippen LogP contribution in [-0.2, 0) is 5.54 Å². The van der Waals surface area contributed by atoms with Crippen molar-refractivity contribution >= 4 is 22.7 Å². The molecule has 0 aliphatic rings. The van der Waals surface area contributed by atoms with E-state index >= 15 is 0 Å². The Morgan fingerprint density at radius 2 is 2.09 bits per heavy atom. The summed E-state index contributed by atoms with van der Waals surface area (Å²) in [6.07, 6.45) is 5.48. The number of para-hydroxylation sites is 2. The summed E-state index contributed by atoms with van der Waals surface area (Å²) in [7, 11) is 0. The molecule has 1 N–H and O–H groups in total. The van der Waals surface area contributed by atoms with Crippen molar-refractivity contribution in [3.63, 3.8) is 0 Å². The SMILES string of the molecule is CC(C)(C)n1cc(/C=C(/C#N)c2nc3ccccc3[nH]2)cn1. The van der Waals surface area contributed by atoms with Crippen molar-refractivity contribution in [1.82, 2.24) is 19.7 Å². The molecule has 0 fully saturated rings. The van der Waals surface area contributed by atoms with Crippen LogP contribution in [0.4, 0.5) is 0 Å². The molecule has 2 heterocycles. The van der Waals surface area contributed by atoms with Crippen LogP contribution in [-0.4, -0.2) is 19.7 Å². The van der Waals surface area contributed by atoms with E-state index in [-0.39, 0.29) is 5.54 Å². The molecule has 0 aliphatic carbocycles. The van der Waals surface area contributed by atoms with E-state index in [1.807, 2.05) is 35.1 Å². The molecule has 5 heteroatoms. The number of nitrogens with one attached hydrogen (secondary N) is 1. The van der Waals surface area contributed by atoms with Gasteiger partial charge in [-0.2, -0.15) is 10.4 Å². The Kier molecular flexibility index (Phi) is 3.30. The lowest BCUT2D eigenvalue weighted by Gasteiger charge is -2.18. The van der Waals surface area contributed by atoms with E-state index in [0.717, 1.165) is 16.6 Å². The minimum Gasteiger partial charge on any atom is -0.337 e. The molecule has 22 heavy (non-hydrogen) atoms. The Hall–Kier alpha value is -2.87. The minimum absolute atomic E-state index is 0.0851. The molecule has 0 saturated carbocycles. The van der Waals surface area contributed by atoms with Crippen LogP contribution in [0.15, 0.2) is 36.7 Å². The van der Waals surface area contributed by atoms with Gasteiger partial charge in [-0.25, -0.2) is 4.98 Å². The van der Waals surface area contributed by atoms with Crippen molar-refractivity contribution in [1.29, 1.82) is 5.26 Å². The lowest BCUT2D eigenvalue weighted by atomic mass is 10.1. The van der Waals surface area contributed by atoms with Gasteiger partial charge in [-0.1, -0.05) is 12.1 Å². The molecule has 5 nitrogen and oxygen atoms in total. The normalized spacial score (nSPS) is 12.5. The third-order valence-corrected chi connectivity index (χ3v) is 3.37. The highest BCUT2D eigenvalue weighted by Crippen LogP contribution is 2.20. The number of nitrogens with zero attached hydrogens (tertiary/aromatic N) is 4. The number of benzene rings is 1. The smallest absolute Gasteiger partial charge is 0.149 e. The molecule has 0 saturated heterocycles. The van der Waals surface area contributed by atoms with Gasteiger partial charge in [0, 0.05) is 11.8 Å². The Bertz CT molecular complexity index is 851. The van der Waals surface area contributed by atoms with Crippen molar-refractivity contribution in [2.75, 3.05) is 0 Å². The first kappa shape index (κ1) is 14.1. The lowest BCUT2D eigenvalue weighted by molar-refractivity contribution is 0.355. The number of allylic oxidation sites excluding steroid dienone is 1. The maximum absolute atomic E-state index is 9.43. The second kappa shape index (κ2) is 5.15.